The Morgan fingerprint density at radius 1 is 1.39 bits per heavy atom. The van der Waals surface area contributed by atoms with Gasteiger partial charge in [0.2, 0.25) is 10.0 Å². The molecule has 102 valence electrons. The third-order valence-electron chi connectivity index (χ3n) is 3.42. The molecule has 1 aromatic heterocycles. The molecule has 1 aromatic rings. The highest BCUT2D eigenvalue weighted by Crippen LogP contribution is 2.19. The number of H-pyrrole nitrogens is 1. The van der Waals surface area contributed by atoms with Crippen LogP contribution in [0.4, 0.5) is 0 Å². The topological polar surface area (TPSA) is 86.9 Å². The van der Waals surface area contributed by atoms with E-state index in [0.717, 1.165) is 19.5 Å². The molecule has 2 heterocycles. The van der Waals surface area contributed by atoms with Gasteiger partial charge in [0.25, 0.3) is 0 Å². The lowest BCUT2D eigenvalue weighted by molar-refractivity contribution is 0.328. The minimum atomic E-state index is -3.48. The van der Waals surface area contributed by atoms with E-state index in [-0.39, 0.29) is 10.9 Å². The van der Waals surface area contributed by atoms with Gasteiger partial charge in [-0.25, -0.2) is 13.1 Å². The lowest BCUT2D eigenvalue weighted by Gasteiger charge is -2.29. The first-order valence-corrected chi connectivity index (χ1v) is 7.64. The molecule has 7 heteroatoms. The quantitative estimate of drug-likeness (QED) is 0.739. The number of rotatable bonds is 3. The molecule has 1 fully saturated rings. The van der Waals surface area contributed by atoms with Crippen LogP contribution in [0.3, 0.4) is 0 Å². The maximum Gasteiger partial charge on any atom is 0.244 e. The number of aromatic amines is 1. The van der Waals surface area contributed by atoms with Gasteiger partial charge in [-0.05, 0) is 39.3 Å². The van der Waals surface area contributed by atoms with Gasteiger partial charge in [0.1, 0.15) is 4.90 Å². The lowest BCUT2D eigenvalue weighted by Crippen LogP contribution is -2.48. The Kier molecular flexibility index (Phi) is 3.74. The van der Waals surface area contributed by atoms with Crippen LogP contribution in [-0.2, 0) is 10.0 Å². The maximum atomic E-state index is 12.4. The summed E-state index contributed by atoms with van der Waals surface area (Å²) in [7, 11) is -3.48. The largest absolute Gasteiger partial charge is 0.316 e. The van der Waals surface area contributed by atoms with Crippen LogP contribution < -0.4 is 10.0 Å². The first-order chi connectivity index (χ1) is 8.42. The molecule has 0 saturated carbocycles. The van der Waals surface area contributed by atoms with Gasteiger partial charge in [-0.2, -0.15) is 5.10 Å². The summed E-state index contributed by atoms with van der Waals surface area (Å²) in [4.78, 5) is 0.285. The smallest absolute Gasteiger partial charge is 0.244 e. The lowest BCUT2D eigenvalue weighted by atomic mass is 9.97. The number of piperidine rings is 1. The molecule has 3 N–H and O–H groups in total. The van der Waals surface area contributed by atoms with Gasteiger partial charge in [0, 0.05) is 6.04 Å². The highest BCUT2D eigenvalue weighted by atomic mass is 32.2. The van der Waals surface area contributed by atoms with E-state index in [1.165, 1.54) is 0 Å². The first-order valence-electron chi connectivity index (χ1n) is 6.16. The van der Waals surface area contributed by atoms with Crippen molar-refractivity contribution in [3.63, 3.8) is 0 Å². The zero-order valence-corrected chi connectivity index (χ0v) is 11.8. The van der Waals surface area contributed by atoms with E-state index in [4.69, 9.17) is 0 Å². The monoisotopic (exact) mass is 272 g/mol. The van der Waals surface area contributed by atoms with E-state index in [1.54, 1.807) is 13.8 Å². The average Bonchev–Trinajstić information content (AvgIpc) is 2.62. The van der Waals surface area contributed by atoms with Crippen LogP contribution in [0.5, 0.6) is 0 Å². The predicted molar refractivity (Wildman–Crippen MR) is 68.8 cm³/mol. The highest BCUT2D eigenvalue weighted by Gasteiger charge is 2.29. The summed E-state index contributed by atoms with van der Waals surface area (Å²) >= 11 is 0. The summed E-state index contributed by atoms with van der Waals surface area (Å²) < 4.78 is 27.5. The van der Waals surface area contributed by atoms with Crippen molar-refractivity contribution in [3.05, 3.63) is 11.4 Å². The van der Waals surface area contributed by atoms with Crippen LogP contribution >= 0.6 is 0 Å². The van der Waals surface area contributed by atoms with Crippen molar-refractivity contribution in [2.45, 2.75) is 38.1 Å². The van der Waals surface area contributed by atoms with Gasteiger partial charge >= 0.3 is 0 Å². The van der Waals surface area contributed by atoms with E-state index in [1.807, 2.05) is 0 Å². The minimum Gasteiger partial charge on any atom is -0.316 e. The molecule has 0 aliphatic carbocycles. The molecule has 0 unspecified atom stereocenters. The van der Waals surface area contributed by atoms with Gasteiger partial charge in [-0.1, -0.05) is 6.92 Å². The second kappa shape index (κ2) is 4.99. The van der Waals surface area contributed by atoms with Crippen molar-refractivity contribution in [2.75, 3.05) is 13.1 Å². The standard InChI is InChI=1S/C11H20N4O2S/c1-7-6-12-5-4-10(7)15-18(16,17)11-8(2)13-14-9(11)3/h7,10,12,15H,4-6H2,1-3H3,(H,13,14)/t7-,10-/m1/s1. The fraction of sp³-hybridized carbons (Fsp3) is 0.727. The molecule has 1 saturated heterocycles. The van der Waals surface area contributed by atoms with Crippen LogP contribution in [0.25, 0.3) is 0 Å². The minimum absolute atomic E-state index is 0.00931. The normalized spacial score (nSPS) is 25.3. The van der Waals surface area contributed by atoms with E-state index in [2.05, 4.69) is 27.2 Å². The zero-order chi connectivity index (χ0) is 13.3. The molecule has 2 atom stereocenters. The second-order valence-electron chi connectivity index (χ2n) is 4.96. The van der Waals surface area contributed by atoms with Crippen molar-refractivity contribution in [3.8, 4) is 0 Å². The number of hydrogen-bond donors (Lipinski definition) is 3. The summed E-state index contributed by atoms with van der Waals surface area (Å²) in [6.07, 6.45) is 0.816. The summed E-state index contributed by atoms with van der Waals surface area (Å²) in [6.45, 7) is 7.16. The van der Waals surface area contributed by atoms with Gasteiger partial charge in [-0.15, -0.1) is 0 Å². The van der Waals surface area contributed by atoms with Crippen LogP contribution in [0, 0.1) is 19.8 Å². The summed E-state index contributed by atoms with van der Waals surface area (Å²) in [5.74, 6) is 0.293. The fourth-order valence-electron chi connectivity index (χ4n) is 2.38. The van der Waals surface area contributed by atoms with Crippen molar-refractivity contribution in [1.29, 1.82) is 0 Å². The Labute approximate surface area is 108 Å². The Morgan fingerprint density at radius 2 is 2.11 bits per heavy atom. The van der Waals surface area contributed by atoms with Crippen LogP contribution in [0.2, 0.25) is 0 Å². The highest BCUT2D eigenvalue weighted by molar-refractivity contribution is 7.89. The summed E-state index contributed by atoms with van der Waals surface area (Å²) in [5, 5.41) is 9.90. The number of sulfonamides is 1. The van der Waals surface area contributed by atoms with Crippen molar-refractivity contribution >= 4 is 10.0 Å². The number of aromatic nitrogens is 2. The molecule has 2 rings (SSSR count). The third-order valence-corrected chi connectivity index (χ3v) is 5.17. The van der Waals surface area contributed by atoms with E-state index in [0.29, 0.717) is 17.3 Å². The third kappa shape index (κ3) is 2.57. The van der Waals surface area contributed by atoms with Crippen molar-refractivity contribution in [1.82, 2.24) is 20.2 Å². The maximum absolute atomic E-state index is 12.4. The molecule has 0 radical (unpaired) electrons. The number of hydrogen-bond acceptors (Lipinski definition) is 4. The molecule has 1 aliphatic heterocycles. The molecular weight excluding hydrogens is 252 g/mol. The SMILES string of the molecule is Cc1n[nH]c(C)c1S(=O)(=O)N[C@@H]1CCNC[C@H]1C. The summed E-state index contributed by atoms with van der Waals surface area (Å²) in [6, 6.07) is -0.00931. The van der Waals surface area contributed by atoms with Crippen LogP contribution in [-0.4, -0.2) is 37.7 Å². The molecule has 0 amide bonds. The molecule has 6 nitrogen and oxygen atoms in total. The zero-order valence-electron chi connectivity index (χ0n) is 10.9. The van der Waals surface area contributed by atoms with E-state index < -0.39 is 10.0 Å². The van der Waals surface area contributed by atoms with Crippen molar-refractivity contribution in [2.24, 2.45) is 5.92 Å². The molecule has 0 spiro atoms. The van der Waals surface area contributed by atoms with E-state index in [9.17, 15) is 8.42 Å². The Balaban J connectivity index is 2.22. The molecule has 1 aliphatic rings. The van der Waals surface area contributed by atoms with E-state index >= 15 is 0 Å². The van der Waals surface area contributed by atoms with Crippen LogP contribution in [0.1, 0.15) is 24.7 Å². The molecular formula is C11H20N4O2S. The van der Waals surface area contributed by atoms with Crippen molar-refractivity contribution < 1.29 is 8.42 Å². The first kappa shape index (κ1) is 13.5. The Morgan fingerprint density at radius 3 is 2.67 bits per heavy atom. The molecule has 0 aromatic carbocycles. The van der Waals surface area contributed by atoms with Crippen LogP contribution in [0.15, 0.2) is 4.90 Å². The van der Waals surface area contributed by atoms with Gasteiger partial charge < -0.3 is 5.32 Å². The molecule has 18 heavy (non-hydrogen) atoms. The Bertz CT molecular complexity index is 504. The predicted octanol–water partition coefficient (Wildman–Crippen LogP) is 0.303. The Hall–Kier alpha value is -0.920. The number of aryl methyl sites for hydroxylation is 2. The van der Waals surface area contributed by atoms with Gasteiger partial charge in [0.15, 0.2) is 0 Å². The average molecular weight is 272 g/mol. The summed E-state index contributed by atoms with van der Waals surface area (Å²) in [5.41, 5.74) is 1.10. The molecule has 0 bridgehead atoms. The fourth-order valence-corrected chi connectivity index (χ4v) is 4.13. The van der Waals surface area contributed by atoms with Gasteiger partial charge in [0.05, 0.1) is 11.4 Å². The number of nitrogens with one attached hydrogen (secondary N) is 3. The van der Waals surface area contributed by atoms with Gasteiger partial charge in [-0.3, -0.25) is 5.10 Å². The number of nitrogens with zero attached hydrogens (tertiary/aromatic N) is 1. The second-order valence-corrected chi connectivity index (χ2v) is 6.61.